The molecular formula is C30H18ClNS2. The van der Waals surface area contributed by atoms with E-state index in [-0.39, 0.29) is 0 Å². The van der Waals surface area contributed by atoms with Crippen molar-refractivity contribution in [2.75, 3.05) is 4.90 Å². The lowest BCUT2D eigenvalue weighted by molar-refractivity contribution is 1.30. The normalized spacial score (nSPS) is 11.7. The van der Waals surface area contributed by atoms with Gasteiger partial charge in [-0.15, -0.1) is 22.7 Å². The van der Waals surface area contributed by atoms with Gasteiger partial charge in [-0.05, 0) is 60.7 Å². The van der Waals surface area contributed by atoms with Crippen molar-refractivity contribution >= 4 is 91.7 Å². The molecule has 0 amide bonds. The zero-order chi connectivity index (χ0) is 22.6. The first-order valence-electron chi connectivity index (χ1n) is 11.1. The topological polar surface area (TPSA) is 3.24 Å². The molecule has 0 saturated heterocycles. The summed E-state index contributed by atoms with van der Waals surface area (Å²) in [6, 6.07) is 39.0. The molecule has 1 nitrogen and oxygen atoms in total. The molecule has 0 saturated carbocycles. The number of para-hydroxylation sites is 1. The van der Waals surface area contributed by atoms with Gasteiger partial charge in [0, 0.05) is 52.7 Å². The van der Waals surface area contributed by atoms with E-state index in [2.05, 4.69) is 102 Å². The molecule has 2 aromatic heterocycles. The van der Waals surface area contributed by atoms with E-state index in [1.807, 2.05) is 23.5 Å². The summed E-state index contributed by atoms with van der Waals surface area (Å²) in [6.45, 7) is 0. The Morgan fingerprint density at radius 1 is 0.471 bits per heavy atom. The summed E-state index contributed by atoms with van der Waals surface area (Å²) in [5, 5.41) is 5.87. The zero-order valence-electron chi connectivity index (χ0n) is 18.0. The van der Waals surface area contributed by atoms with Crippen LogP contribution in [0.15, 0.2) is 109 Å². The molecule has 0 fully saturated rings. The molecule has 0 radical (unpaired) electrons. The van der Waals surface area contributed by atoms with Gasteiger partial charge in [-0.2, -0.15) is 0 Å². The smallest absolute Gasteiger partial charge is 0.0584 e. The SMILES string of the molecule is Clc1cccc2c1sc1ccc(N(c3ccccc3)c3ccc4sc5ccccc5c4c3)cc12. The monoisotopic (exact) mass is 491 g/mol. The van der Waals surface area contributed by atoms with Gasteiger partial charge in [-0.1, -0.05) is 60.1 Å². The van der Waals surface area contributed by atoms with Crippen LogP contribution >= 0.6 is 34.3 Å². The van der Waals surface area contributed by atoms with Gasteiger partial charge in [-0.3, -0.25) is 0 Å². The quantitative estimate of drug-likeness (QED) is 0.237. The van der Waals surface area contributed by atoms with Crippen LogP contribution in [0.25, 0.3) is 40.3 Å². The van der Waals surface area contributed by atoms with E-state index in [0.29, 0.717) is 0 Å². The first-order chi connectivity index (χ1) is 16.8. The molecule has 0 bridgehead atoms. The maximum absolute atomic E-state index is 6.52. The van der Waals surface area contributed by atoms with E-state index in [0.717, 1.165) is 26.8 Å². The van der Waals surface area contributed by atoms with Gasteiger partial charge < -0.3 is 4.90 Å². The van der Waals surface area contributed by atoms with Crippen LogP contribution in [0.1, 0.15) is 0 Å². The summed E-state index contributed by atoms with van der Waals surface area (Å²) in [4.78, 5) is 2.35. The van der Waals surface area contributed by atoms with E-state index in [9.17, 15) is 0 Å². The lowest BCUT2D eigenvalue weighted by atomic mass is 10.1. The molecule has 5 aromatic carbocycles. The predicted octanol–water partition coefficient (Wildman–Crippen LogP) is 10.5. The van der Waals surface area contributed by atoms with E-state index in [1.54, 1.807) is 11.3 Å². The molecular weight excluding hydrogens is 474 g/mol. The molecule has 0 aliphatic carbocycles. The van der Waals surface area contributed by atoms with Crippen molar-refractivity contribution in [2.45, 2.75) is 0 Å². The number of fused-ring (bicyclic) bond motifs is 6. The van der Waals surface area contributed by atoms with Crippen LogP contribution < -0.4 is 4.90 Å². The number of halogens is 1. The third-order valence-corrected chi connectivity index (χ3v) is 9.12. The Labute approximate surface area is 210 Å². The summed E-state index contributed by atoms with van der Waals surface area (Å²) in [5.41, 5.74) is 3.43. The fourth-order valence-corrected chi connectivity index (χ4v) is 7.23. The second-order valence-electron chi connectivity index (χ2n) is 8.35. The van der Waals surface area contributed by atoms with Gasteiger partial charge in [-0.25, -0.2) is 0 Å². The zero-order valence-corrected chi connectivity index (χ0v) is 20.4. The molecule has 34 heavy (non-hydrogen) atoms. The summed E-state index contributed by atoms with van der Waals surface area (Å²) < 4.78 is 5.03. The Bertz CT molecular complexity index is 1830. The summed E-state index contributed by atoms with van der Waals surface area (Å²) in [5.74, 6) is 0. The van der Waals surface area contributed by atoms with Crippen LogP contribution in [0.2, 0.25) is 5.02 Å². The van der Waals surface area contributed by atoms with Crippen molar-refractivity contribution in [1.29, 1.82) is 0 Å². The predicted molar refractivity (Wildman–Crippen MR) is 152 cm³/mol. The Balaban J connectivity index is 1.48. The second kappa shape index (κ2) is 7.85. The van der Waals surface area contributed by atoms with Crippen molar-refractivity contribution in [2.24, 2.45) is 0 Å². The van der Waals surface area contributed by atoms with Gasteiger partial charge >= 0.3 is 0 Å². The molecule has 7 aromatic rings. The van der Waals surface area contributed by atoms with E-state index in [1.165, 1.54) is 35.6 Å². The molecule has 0 aliphatic heterocycles. The summed E-state index contributed by atoms with van der Waals surface area (Å²) >= 11 is 10.1. The van der Waals surface area contributed by atoms with Gasteiger partial charge in [0.15, 0.2) is 0 Å². The van der Waals surface area contributed by atoms with Gasteiger partial charge in [0.25, 0.3) is 0 Å². The van der Waals surface area contributed by atoms with Crippen LogP contribution in [-0.4, -0.2) is 0 Å². The van der Waals surface area contributed by atoms with Gasteiger partial charge in [0.1, 0.15) is 0 Å². The Morgan fingerprint density at radius 3 is 1.88 bits per heavy atom. The number of hydrogen-bond donors (Lipinski definition) is 0. The van der Waals surface area contributed by atoms with Gasteiger partial charge in [0.05, 0.1) is 9.72 Å². The maximum atomic E-state index is 6.52. The molecule has 0 spiro atoms. The van der Waals surface area contributed by atoms with Crippen LogP contribution in [0.3, 0.4) is 0 Å². The Hall–Kier alpha value is -3.37. The third kappa shape index (κ3) is 3.13. The average molecular weight is 492 g/mol. The molecule has 0 unspecified atom stereocenters. The minimum Gasteiger partial charge on any atom is -0.310 e. The molecule has 0 aliphatic rings. The number of anilines is 3. The largest absolute Gasteiger partial charge is 0.310 e. The van der Waals surface area contributed by atoms with Crippen LogP contribution in [0, 0.1) is 0 Å². The highest BCUT2D eigenvalue weighted by Gasteiger charge is 2.16. The Morgan fingerprint density at radius 2 is 1.09 bits per heavy atom. The highest BCUT2D eigenvalue weighted by Crippen LogP contribution is 2.43. The number of rotatable bonds is 3. The highest BCUT2D eigenvalue weighted by molar-refractivity contribution is 7.26. The highest BCUT2D eigenvalue weighted by atomic mass is 35.5. The molecule has 2 heterocycles. The summed E-state index contributed by atoms with van der Waals surface area (Å²) in [7, 11) is 0. The molecule has 7 rings (SSSR count). The first-order valence-corrected chi connectivity index (χ1v) is 13.1. The fourth-order valence-electron chi connectivity index (χ4n) is 4.77. The van der Waals surface area contributed by atoms with Crippen LogP contribution in [0.4, 0.5) is 17.1 Å². The van der Waals surface area contributed by atoms with Crippen molar-refractivity contribution in [3.8, 4) is 0 Å². The maximum Gasteiger partial charge on any atom is 0.0584 e. The molecule has 0 N–H and O–H groups in total. The number of benzene rings is 5. The Kier molecular flexibility index (Phi) is 4.63. The van der Waals surface area contributed by atoms with Gasteiger partial charge in [0.2, 0.25) is 0 Å². The number of hydrogen-bond acceptors (Lipinski definition) is 3. The number of nitrogens with zero attached hydrogens (tertiary/aromatic N) is 1. The van der Waals surface area contributed by atoms with Crippen molar-refractivity contribution in [3.05, 3.63) is 114 Å². The molecule has 4 heteroatoms. The fraction of sp³-hybridized carbons (Fsp3) is 0. The van der Waals surface area contributed by atoms with E-state index < -0.39 is 0 Å². The van der Waals surface area contributed by atoms with E-state index >= 15 is 0 Å². The minimum atomic E-state index is 0.815. The molecule has 0 atom stereocenters. The second-order valence-corrected chi connectivity index (χ2v) is 10.9. The average Bonchev–Trinajstić information content (AvgIpc) is 3.44. The van der Waals surface area contributed by atoms with Crippen molar-refractivity contribution < 1.29 is 0 Å². The first kappa shape index (κ1) is 20.0. The standard InChI is InChI=1S/C30H18ClNS2/c31-26-11-6-10-23-25-18-21(14-16-29(25)34-30(23)26)32(19-7-2-1-3-8-19)20-13-15-28-24(17-20)22-9-4-5-12-27(22)33-28/h1-18H. The minimum absolute atomic E-state index is 0.815. The van der Waals surface area contributed by atoms with Crippen LogP contribution in [0.5, 0.6) is 0 Å². The van der Waals surface area contributed by atoms with Crippen molar-refractivity contribution in [1.82, 2.24) is 0 Å². The van der Waals surface area contributed by atoms with Crippen molar-refractivity contribution in [3.63, 3.8) is 0 Å². The third-order valence-electron chi connectivity index (χ3n) is 6.32. The number of thiophene rings is 2. The van der Waals surface area contributed by atoms with E-state index in [4.69, 9.17) is 11.6 Å². The molecule has 162 valence electrons. The lowest BCUT2D eigenvalue weighted by Gasteiger charge is -2.25. The van der Waals surface area contributed by atoms with Crippen LogP contribution in [-0.2, 0) is 0 Å². The lowest BCUT2D eigenvalue weighted by Crippen LogP contribution is -2.09. The summed E-state index contributed by atoms with van der Waals surface area (Å²) in [6.07, 6.45) is 0.